The lowest BCUT2D eigenvalue weighted by molar-refractivity contribution is -0.132. The number of morpholine rings is 1. The molecule has 8 nitrogen and oxygen atoms in total. The minimum Gasteiger partial charge on any atom is -0.497 e. The number of hydrogen-bond donors (Lipinski definition) is 0. The van der Waals surface area contributed by atoms with Crippen LogP contribution in [0, 0.1) is 6.92 Å². The Morgan fingerprint density at radius 3 is 2.59 bits per heavy atom. The van der Waals surface area contributed by atoms with Crippen LogP contribution in [0.3, 0.4) is 0 Å². The second-order valence-electron chi connectivity index (χ2n) is 8.23. The summed E-state index contributed by atoms with van der Waals surface area (Å²) in [6.07, 6.45) is 4.50. The van der Waals surface area contributed by atoms with Gasteiger partial charge >= 0.3 is 0 Å². The van der Waals surface area contributed by atoms with Crippen molar-refractivity contribution in [2.24, 2.45) is 0 Å². The van der Waals surface area contributed by atoms with E-state index in [1.54, 1.807) is 18.2 Å². The summed E-state index contributed by atoms with van der Waals surface area (Å²) in [6.45, 7) is 4.82. The first-order valence-electron chi connectivity index (χ1n) is 11.2. The van der Waals surface area contributed by atoms with Gasteiger partial charge in [0.05, 0.1) is 37.6 Å². The molecule has 2 saturated heterocycles. The van der Waals surface area contributed by atoms with Crippen LogP contribution in [-0.4, -0.2) is 71.5 Å². The summed E-state index contributed by atoms with van der Waals surface area (Å²) in [5.41, 5.74) is 2.28. The Bertz CT molecular complexity index is 957. The van der Waals surface area contributed by atoms with Crippen LogP contribution < -0.4 is 4.74 Å². The molecule has 0 bridgehead atoms. The number of aromatic nitrogens is 2. The maximum atomic E-state index is 13.0. The molecule has 0 aliphatic carbocycles. The van der Waals surface area contributed by atoms with Crippen LogP contribution in [0.5, 0.6) is 5.75 Å². The monoisotopic (exact) mass is 438 g/mol. The normalized spacial score (nSPS) is 18.6. The quantitative estimate of drug-likeness (QED) is 0.689. The van der Waals surface area contributed by atoms with E-state index < -0.39 is 0 Å². The molecule has 2 fully saturated rings. The van der Waals surface area contributed by atoms with E-state index in [1.807, 2.05) is 36.1 Å². The highest BCUT2D eigenvalue weighted by Gasteiger charge is 2.32. The highest BCUT2D eigenvalue weighted by Crippen LogP contribution is 2.31. The lowest BCUT2D eigenvalue weighted by Crippen LogP contribution is -2.41. The molecular weight excluding hydrogens is 408 g/mol. The van der Waals surface area contributed by atoms with Gasteiger partial charge in [0.15, 0.2) is 5.82 Å². The van der Waals surface area contributed by atoms with Gasteiger partial charge in [0, 0.05) is 32.3 Å². The fraction of sp³-hybridized carbons (Fsp3) is 0.500. The second kappa shape index (κ2) is 10.1. The molecule has 32 heavy (non-hydrogen) atoms. The number of nitrogens with zero attached hydrogens (tertiary/aromatic N) is 4. The van der Waals surface area contributed by atoms with Gasteiger partial charge in [-0.1, -0.05) is 12.1 Å². The average molecular weight is 439 g/mol. The number of rotatable bonds is 6. The van der Waals surface area contributed by atoms with Gasteiger partial charge in [0.1, 0.15) is 5.75 Å². The fourth-order valence-corrected chi connectivity index (χ4v) is 4.31. The Morgan fingerprint density at radius 1 is 1.16 bits per heavy atom. The van der Waals surface area contributed by atoms with Crippen molar-refractivity contribution in [3.8, 4) is 5.75 Å². The number of hydrogen-bond acceptors (Lipinski definition) is 6. The van der Waals surface area contributed by atoms with Crippen molar-refractivity contribution < 1.29 is 19.1 Å². The lowest BCUT2D eigenvalue weighted by atomic mass is 10.1. The Balaban J connectivity index is 1.41. The van der Waals surface area contributed by atoms with Crippen molar-refractivity contribution in [3.63, 3.8) is 0 Å². The fourth-order valence-electron chi connectivity index (χ4n) is 4.31. The number of aryl methyl sites for hydroxylation is 2. The van der Waals surface area contributed by atoms with Crippen LogP contribution in [-0.2, 0) is 16.0 Å². The predicted octanol–water partition coefficient (Wildman–Crippen LogP) is 2.56. The Morgan fingerprint density at radius 2 is 1.91 bits per heavy atom. The molecule has 0 N–H and O–H groups in total. The van der Waals surface area contributed by atoms with Crippen LogP contribution in [0.25, 0.3) is 0 Å². The van der Waals surface area contributed by atoms with Crippen LogP contribution in [0.1, 0.15) is 52.7 Å². The molecule has 8 heteroatoms. The average Bonchev–Trinajstić information content (AvgIpc) is 3.33. The maximum absolute atomic E-state index is 13.0. The Hall–Kier alpha value is -3.00. The number of methoxy groups -OCH3 is 1. The van der Waals surface area contributed by atoms with Gasteiger partial charge in [-0.15, -0.1) is 0 Å². The predicted molar refractivity (Wildman–Crippen MR) is 118 cm³/mol. The van der Waals surface area contributed by atoms with Crippen LogP contribution in [0.2, 0.25) is 0 Å². The molecule has 0 radical (unpaired) electrons. The second-order valence-corrected chi connectivity index (χ2v) is 8.23. The summed E-state index contributed by atoms with van der Waals surface area (Å²) in [6, 6.07) is 7.67. The highest BCUT2D eigenvalue weighted by atomic mass is 16.5. The Kier molecular flexibility index (Phi) is 6.99. The molecule has 1 unspecified atom stereocenters. The van der Waals surface area contributed by atoms with E-state index in [-0.39, 0.29) is 17.9 Å². The van der Waals surface area contributed by atoms with Crippen molar-refractivity contribution in [2.45, 2.75) is 38.6 Å². The zero-order valence-corrected chi connectivity index (χ0v) is 18.7. The van der Waals surface area contributed by atoms with Crippen molar-refractivity contribution in [2.75, 3.05) is 40.0 Å². The third-order valence-corrected chi connectivity index (χ3v) is 6.18. The van der Waals surface area contributed by atoms with Gasteiger partial charge in [-0.2, -0.15) is 0 Å². The minimum atomic E-state index is -0.135. The van der Waals surface area contributed by atoms with Crippen molar-refractivity contribution >= 4 is 11.8 Å². The molecule has 1 aromatic heterocycles. The van der Waals surface area contributed by atoms with Gasteiger partial charge in [0.25, 0.3) is 5.91 Å². The third-order valence-electron chi connectivity index (χ3n) is 6.18. The van der Waals surface area contributed by atoms with Gasteiger partial charge in [-0.3, -0.25) is 9.59 Å². The molecule has 2 aromatic rings. The van der Waals surface area contributed by atoms with E-state index in [0.29, 0.717) is 62.8 Å². The molecule has 0 spiro atoms. The first kappa shape index (κ1) is 22.2. The number of ether oxygens (including phenoxy) is 2. The van der Waals surface area contributed by atoms with E-state index in [0.717, 1.165) is 24.2 Å². The third kappa shape index (κ3) is 4.91. The van der Waals surface area contributed by atoms with E-state index >= 15 is 0 Å². The number of carbonyl (C=O) groups excluding carboxylic acids is 2. The molecule has 1 atom stereocenters. The number of benzene rings is 1. The summed E-state index contributed by atoms with van der Waals surface area (Å²) in [4.78, 5) is 38.6. The van der Waals surface area contributed by atoms with E-state index in [1.165, 1.54) is 0 Å². The van der Waals surface area contributed by atoms with E-state index in [9.17, 15) is 9.59 Å². The van der Waals surface area contributed by atoms with Crippen molar-refractivity contribution in [1.82, 2.24) is 19.8 Å². The molecule has 2 aliphatic rings. The molecule has 4 rings (SSSR count). The summed E-state index contributed by atoms with van der Waals surface area (Å²) < 4.78 is 10.5. The van der Waals surface area contributed by atoms with Gasteiger partial charge in [-0.25, -0.2) is 9.97 Å². The van der Waals surface area contributed by atoms with E-state index in [2.05, 4.69) is 9.97 Å². The van der Waals surface area contributed by atoms with Crippen molar-refractivity contribution in [3.05, 3.63) is 53.1 Å². The SMILES string of the molecule is COc1ccc(CCC(=O)N2CCCC2c2ncc(C(=O)N3CCOCC3)c(C)n2)cc1. The largest absolute Gasteiger partial charge is 0.497 e. The van der Waals surface area contributed by atoms with Crippen LogP contribution in [0.15, 0.2) is 30.5 Å². The standard InChI is InChI=1S/C24H30N4O4/c1-17-20(24(30)27-12-14-32-15-13-27)16-25-23(26-17)21-4-3-11-28(21)22(29)10-7-18-5-8-19(31-2)9-6-18/h5-6,8-9,16,21H,3-4,7,10-15H2,1-2H3. The Labute approximate surface area is 188 Å². The zero-order chi connectivity index (χ0) is 22.5. The number of likely N-dealkylation sites (tertiary alicyclic amines) is 1. The minimum absolute atomic E-state index is 0.0591. The molecule has 170 valence electrons. The van der Waals surface area contributed by atoms with Gasteiger partial charge in [0.2, 0.25) is 5.91 Å². The molecular formula is C24H30N4O4. The topological polar surface area (TPSA) is 84.9 Å². The zero-order valence-electron chi connectivity index (χ0n) is 18.7. The summed E-state index contributed by atoms with van der Waals surface area (Å²) in [5.74, 6) is 1.48. The molecule has 1 aromatic carbocycles. The molecule has 2 amide bonds. The summed E-state index contributed by atoms with van der Waals surface area (Å²) >= 11 is 0. The lowest BCUT2D eigenvalue weighted by Gasteiger charge is -2.27. The van der Waals surface area contributed by atoms with Gasteiger partial charge in [-0.05, 0) is 43.9 Å². The van der Waals surface area contributed by atoms with Crippen molar-refractivity contribution in [1.29, 1.82) is 0 Å². The smallest absolute Gasteiger partial charge is 0.257 e. The summed E-state index contributed by atoms with van der Waals surface area (Å²) in [5, 5.41) is 0. The van der Waals surface area contributed by atoms with Crippen LogP contribution >= 0.6 is 0 Å². The molecule has 3 heterocycles. The molecule has 0 saturated carbocycles. The first-order chi connectivity index (χ1) is 15.6. The van der Waals surface area contributed by atoms with Gasteiger partial charge < -0.3 is 19.3 Å². The number of amides is 2. The highest BCUT2D eigenvalue weighted by molar-refractivity contribution is 5.95. The van der Waals surface area contributed by atoms with Crippen LogP contribution in [0.4, 0.5) is 0 Å². The first-order valence-corrected chi connectivity index (χ1v) is 11.2. The maximum Gasteiger partial charge on any atom is 0.257 e. The van der Waals surface area contributed by atoms with E-state index in [4.69, 9.17) is 9.47 Å². The summed E-state index contributed by atoms with van der Waals surface area (Å²) in [7, 11) is 1.64. The molecule has 2 aliphatic heterocycles. The number of carbonyl (C=O) groups is 2.